The predicted octanol–water partition coefficient (Wildman–Crippen LogP) is 4.82. The van der Waals surface area contributed by atoms with Gasteiger partial charge in [-0.2, -0.15) is 0 Å². The molecule has 0 radical (unpaired) electrons. The summed E-state index contributed by atoms with van der Waals surface area (Å²) in [4.78, 5) is 16.9. The van der Waals surface area contributed by atoms with Crippen molar-refractivity contribution in [3.63, 3.8) is 0 Å². The molecule has 1 aromatic heterocycles. The van der Waals surface area contributed by atoms with Crippen LogP contribution >= 0.6 is 23.2 Å². The van der Waals surface area contributed by atoms with Gasteiger partial charge in [-0.1, -0.05) is 30.1 Å². The summed E-state index contributed by atoms with van der Waals surface area (Å²) in [6.07, 6.45) is 3.25. The lowest BCUT2D eigenvalue weighted by Crippen LogP contribution is -2.49. The topological polar surface area (TPSA) is 79.4 Å². The van der Waals surface area contributed by atoms with Crippen molar-refractivity contribution in [1.82, 2.24) is 10.3 Å². The third-order valence-corrected chi connectivity index (χ3v) is 7.03. The number of halogens is 3. The van der Waals surface area contributed by atoms with Gasteiger partial charge in [-0.3, -0.25) is 14.1 Å². The third-order valence-electron chi connectivity index (χ3n) is 4.70. The van der Waals surface area contributed by atoms with E-state index in [2.05, 4.69) is 10.3 Å². The molecule has 3 aromatic rings. The van der Waals surface area contributed by atoms with Gasteiger partial charge >= 0.3 is 0 Å². The maximum Gasteiger partial charge on any atom is 0.265 e. The summed E-state index contributed by atoms with van der Waals surface area (Å²) in [6, 6.07) is 11.2. The largest absolute Gasteiger partial charge is 0.350 e. The Hall–Kier alpha value is -2.68. The van der Waals surface area contributed by atoms with Crippen LogP contribution in [0.4, 0.5) is 10.1 Å². The van der Waals surface area contributed by atoms with Gasteiger partial charge in [-0.05, 0) is 66.6 Å². The smallest absolute Gasteiger partial charge is 0.265 e. The number of benzene rings is 2. The zero-order valence-corrected chi connectivity index (χ0v) is 19.3. The fourth-order valence-corrected chi connectivity index (χ4v) is 5.08. The Morgan fingerprint density at radius 2 is 1.69 bits per heavy atom. The molecule has 1 atom stereocenters. The maximum atomic E-state index is 14.8. The highest BCUT2D eigenvalue weighted by Crippen LogP contribution is 2.32. The van der Waals surface area contributed by atoms with Crippen molar-refractivity contribution in [1.29, 1.82) is 0 Å². The van der Waals surface area contributed by atoms with E-state index in [9.17, 15) is 17.6 Å². The van der Waals surface area contributed by atoms with Crippen LogP contribution in [-0.2, 0) is 21.4 Å². The average Bonchev–Trinajstić information content (AvgIpc) is 2.78. The standard InChI is InChI=1S/C22H20Cl2FN3O3S/c1-2-20(22(29)27-14-15-9-11-26-12-10-15)28(21-13-17(24)5-8-19(21)25)32(30,31)18-6-3-16(23)4-7-18/h3-13,20H,2,14H2,1H3,(H,27,29). The van der Waals surface area contributed by atoms with Crippen LogP contribution in [0.5, 0.6) is 0 Å². The van der Waals surface area contributed by atoms with E-state index in [-0.39, 0.29) is 28.6 Å². The van der Waals surface area contributed by atoms with Crippen molar-refractivity contribution >= 4 is 44.8 Å². The number of aromatic nitrogens is 1. The summed E-state index contributed by atoms with van der Waals surface area (Å²) in [5.41, 5.74) is 0.461. The molecule has 0 aliphatic rings. The van der Waals surface area contributed by atoms with E-state index < -0.39 is 27.8 Å². The normalized spacial score (nSPS) is 12.2. The minimum atomic E-state index is -4.34. The first-order valence-corrected chi connectivity index (χ1v) is 11.8. The first-order chi connectivity index (χ1) is 15.2. The van der Waals surface area contributed by atoms with Crippen LogP contribution in [-0.4, -0.2) is 25.4 Å². The Morgan fingerprint density at radius 1 is 1.06 bits per heavy atom. The number of hydrogen-bond acceptors (Lipinski definition) is 4. The molecule has 0 saturated carbocycles. The average molecular weight is 496 g/mol. The van der Waals surface area contributed by atoms with E-state index in [0.29, 0.717) is 5.02 Å². The van der Waals surface area contributed by atoms with E-state index in [1.54, 1.807) is 31.5 Å². The van der Waals surface area contributed by atoms with Gasteiger partial charge in [0.1, 0.15) is 11.9 Å². The molecule has 32 heavy (non-hydrogen) atoms. The molecular weight excluding hydrogens is 476 g/mol. The van der Waals surface area contributed by atoms with Crippen LogP contribution in [0.25, 0.3) is 0 Å². The number of carbonyl (C=O) groups excluding carboxylic acids is 1. The first-order valence-electron chi connectivity index (χ1n) is 9.65. The summed E-state index contributed by atoms with van der Waals surface area (Å²) in [5, 5.41) is 3.19. The first kappa shape index (κ1) is 24.0. The number of hydrogen-bond donors (Lipinski definition) is 1. The predicted molar refractivity (Wildman–Crippen MR) is 123 cm³/mol. The molecule has 10 heteroatoms. The highest BCUT2D eigenvalue weighted by atomic mass is 35.5. The van der Waals surface area contributed by atoms with Crippen LogP contribution in [0.1, 0.15) is 18.9 Å². The molecule has 0 aliphatic carbocycles. The monoisotopic (exact) mass is 495 g/mol. The number of anilines is 1. The molecule has 2 aromatic carbocycles. The number of pyridine rings is 1. The summed E-state index contributed by atoms with van der Waals surface area (Å²) in [7, 11) is -4.34. The van der Waals surface area contributed by atoms with Crippen LogP contribution < -0.4 is 9.62 Å². The van der Waals surface area contributed by atoms with E-state index in [1.165, 1.54) is 36.4 Å². The molecule has 1 amide bonds. The fourth-order valence-electron chi connectivity index (χ4n) is 3.11. The molecule has 168 valence electrons. The van der Waals surface area contributed by atoms with Gasteiger partial charge in [-0.15, -0.1) is 0 Å². The van der Waals surface area contributed by atoms with Crippen molar-refractivity contribution in [3.05, 3.63) is 88.4 Å². The maximum absolute atomic E-state index is 14.8. The SMILES string of the molecule is CCC(C(=O)NCc1ccncc1)N(c1cc(Cl)ccc1F)S(=O)(=O)c1ccc(Cl)cc1. The summed E-state index contributed by atoms with van der Waals surface area (Å²) in [6.45, 7) is 1.80. The van der Waals surface area contributed by atoms with Crippen LogP contribution in [0, 0.1) is 5.82 Å². The lowest BCUT2D eigenvalue weighted by atomic mass is 10.1. The van der Waals surface area contributed by atoms with E-state index in [0.717, 1.165) is 15.9 Å². The lowest BCUT2D eigenvalue weighted by molar-refractivity contribution is -0.122. The molecule has 6 nitrogen and oxygen atoms in total. The van der Waals surface area contributed by atoms with Crippen molar-refractivity contribution < 1.29 is 17.6 Å². The van der Waals surface area contributed by atoms with Gasteiger partial charge in [0, 0.05) is 29.0 Å². The third kappa shape index (κ3) is 5.38. The van der Waals surface area contributed by atoms with Crippen molar-refractivity contribution in [2.75, 3.05) is 4.31 Å². The van der Waals surface area contributed by atoms with Gasteiger partial charge < -0.3 is 5.32 Å². The second-order valence-electron chi connectivity index (χ2n) is 6.85. The van der Waals surface area contributed by atoms with E-state index in [1.807, 2.05) is 0 Å². The van der Waals surface area contributed by atoms with Gasteiger partial charge in [0.25, 0.3) is 10.0 Å². The summed E-state index contributed by atoms with van der Waals surface area (Å²) in [5.74, 6) is -1.41. The number of nitrogens with zero attached hydrogens (tertiary/aromatic N) is 2. The molecule has 0 spiro atoms. The molecule has 1 heterocycles. The van der Waals surface area contributed by atoms with Crippen LogP contribution in [0.3, 0.4) is 0 Å². The molecule has 1 unspecified atom stereocenters. The zero-order valence-electron chi connectivity index (χ0n) is 17.0. The van der Waals surface area contributed by atoms with Gasteiger partial charge in [-0.25, -0.2) is 12.8 Å². The Kier molecular flexibility index (Phi) is 7.71. The Balaban J connectivity index is 2.05. The minimum Gasteiger partial charge on any atom is -0.350 e. The van der Waals surface area contributed by atoms with Crippen molar-refractivity contribution in [2.45, 2.75) is 30.8 Å². The molecule has 0 bridgehead atoms. The fraction of sp³-hybridized carbons (Fsp3) is 0.182. The highest BCUT2D eigenvalue weighted by Gasteiger charge is 2.36. The van der Waals surface area contributed by atoms with Crippen LogP contribution in [0.2, 0.25) is 10.0 Å². The Labute approximate surface area is 196 Å². The zero-order chi connectivity index (χ0) is 23.3. The van der Waals surface area contributed by atoms with Gasteiger partial charge in [0.2, 0.25) is 5.91 Å². The molecule has 1 N–H and O–H groups in total. The number of sulfonamides is 1. The van der Waals surface area contributed by atoms with Crippen LogP contribution in [0.15, 0.2) is 71.9 Å². The second-order valence-corrected chi connectivity index (χ2v) is 9.54. The Bertz CT molecular complexity index is 1190. The van der Waals surface area contributed by atoms with Gasteiger partial charge in [0.15, 0.2) is 0 Å². The minimum absolute atomic E-state index is 0.0843. The molecule has 0 saturated heterocycles. The second kappa shape index (κ2) is 10.3. The van der Waals surface area contributed by atoms with Gasteiger partial charge in [0.05, 0.1) is 10.6 Å². The molecule has 0 aliphatic heterocycles. The molecule has 3 rings (SSSR count). The Morgan fingerprint density at radius 3 is 2.31 bits per heavy atom. The number of nitrogens with one attached hydrogen (secondary N) is 1. The molecule has 0 fully saturated rings. The quantitative estimate of drug-likeness (QED) is 0.485. The van der Waals surface area contributed by atoms with E-state index in [4.69, 9.17) is 23.2 Å². The number of amides is 1. The van der Waals surface area contributed by atoms with Crippen molar-refractivity contribution in [2.24, 2.45) is 0 Å². The number of rotatable bonds is 8. The lowest BCUT2D eigenvalue weighted by Gasteiger charge is -2.31. The highest BCUT2D eigenvalue weighted by molar-refractivity contribution is 7.93. The summed E-state index contributed by atoms with van der Waals surface area (Å²) >= 11 is 11.9. The van der Waals surface area contributed by atoms with Crippen molar-refractivity contribution in [3.8, 4) is 0 Å². The summed E-state index contributed by atoms with van der Waals surface area (Å²) < 4.78 is 42.7. The van der Waals surface area contributed by atoms with E-state index >= 15 is 0 Å². The molecular formula is C22H20Cl2FN3O3S. The number of carbonyl (C=O) groups is 1.